The summed E-state index contributed by atoms with van der Waals surface area (Å²) in [5.74, 6) is 1.34. The van der Waals surface area contributed by atoms with Crippen LogP contribution >= 0.6 is 19.8 Å². The van der Waals surface area contributed by atoms with Crippen LogP contribution < -0.4 is 11.1 Å². The Bertz CT molecular complexity index is 777. The summed E-state index contributed by atoms with van der Waals surface area (Å²) < 4.78 is 3.34. The number of H-pyrrole nitrogens is 1. The molecule has 0 unspecified atom stereocenters. The van der Waals surface area contributed by atoms with Gasteiger partial charge in [-0.15, -0.1) is 0 Å². The molecular weight excluding hydrogens is 425 g/mol. The zero-order chi connectivity index (χ0) is 17.4. The van der Waals surface area contributed by atoms with E-state index in [0.717, 1.165) is 55.3 Å². The van der Waals surface area contributed by atoms with Crippen LogP contribution in [-0.2, 0) is 0 Å². The van der Waals surface area contributed by atoms with E-state index in [1.165, 1.54) is 0 Å². The van der Waals surface area contributed by atoms with E-state index < -0.39 is 19.8 Å². The molecule has 0 radical (unpaired) electrons. The third-order valence-electron chi connectivity index (χ3n) is 5.39. The normalized spacial score (nSPS) is 24.6. The summed E-state index contributed by atoms with van der Waals surface area (Å²) in [6.45, 7) is 5.72. The van der Waals surface area contributed by atoms with Crippen molar-refractivity contribution in [2.24, 2.45) is 16.6 Å². The zero-order valence-electron chi connectivity index (χ0n) is 14.8. The van der Waals surface area contributed by atoms with Gasteiger partial charge in [0.25, 0.3) is 0 Å². The number of nitrogens with zero attached hydrogens (tertiary/aromatic N) is 2. The van der Waals surface area contributed by atoms with E-state index in [1.807, 2.05) is 12.3 Å². The third kappa shape index (κ3) is 3.29. The Morgan fingerprint density at radius 2 is 2.16 bits per heavy atom. The first-order chi connectivity index (χ1) is 12.1. The van der Waals surface area contributed by atoms with Gasteiger partial charge in [-0.3, -0.25) is 0 Å². The van der Waals surface area contributed by atoms with Gasteiger partial charge in [-0.25, -0.2) is 0 Å². The Kier molecular flexibility index (Phi) is 4.73. The molecule has 1 saturated heterocycles. The van der Waals surface area contributed by atoms with Crippen LogP contribution in [0.5, 0.6) is 0 Å². The van der Waals surface area contributed by atoms with E-state index in [1.54, 1.807) is 13.5 Å². The number of aliphatic imine (C=N–C) groups is 1. The van der Waals surface area contributed by atoms with E-state index in [-0.39, 0.29) is 0 Å². The maximum atomic E-state index is 6.56. The van der Waals surface area contributed by atoms with Gasteiger partial charge in [0.2, 0.25) is 0 Å². The summed E-state index contributed by atoms with van der Waals surface area (Å²) in [4.78, 5) is 12.6. The van der Waals surface area contributed by atoms with Gasteiger partial charge in [-0.05, 0) is 0 Å². The molecular formula is C19H26IN5. The average Bonchev–Trinajstić information content (AvgIpc) is 3.23. The van der Waals surface area contributed by atoms with Gasteiger partial charge in [0.1, 0.15) is 0 Å². The number of nitrogens with two attached hydrogens (primary N) is 1. The molecule has 134 valence electrons. The van der Waals surface area contributed by atoms with Gasteiger partial charge in [-0.1, -0.05) is 0 Å². The molecule has 0 aromatic carbocycles. The Morgan fingerprint density at radius 3 is 2.88 bits per heavy atom. The zero-order valence-corrected chi connectivity index (χ0v) is 17.0. The molecule has 4 heterocycles. The summed E-state index contributed by atoms with van der Waals surface area (Å²) in [5.41, 5.74) is 9.65. The van der Waals surface area contributed by atoms with Crippen molar-refractivity contribution >= 4 is 37.7 Å². The van der Waals surface area contributed by atoms with Gasteiger partial charge in [0.15, 0.2) is 0 Å². The SMILES string of the molecule is CC1=CC=C(CN2CCC(/C(N)=C3/NC=Nc4[nH]ccc43)CC2)I1C. The van der Waals surface area contributed by atoms with Gasteiger partial charge in [0.05, 0.1) is 0 Å². The number of nitrogens with one attached hydrogen (secondary N) is 2. The molecule has 0 bridgehead atoms. The molecule has 5 nitrogen and oxygen atoms in total. The molecule has 0 amide bonds. The predicted molar refractivity (Wildman–Crippen MR) is 114 cm³/mol. The fraction of sp³-hybridized carbons (Fsp3) is 0.421. The molecule has 4 rings (SSSR count). The monoisotopic (exact) mass is 451 g/mol. The quantitative estimate of drug-likeness (QED) is 0.487. The summed E-state index contributed by atoms with van der Waals surface area (Å²) in [5, 5.41) is 3.26. The molecule has 3 aliphatic rings. The molecule has 1 aromatic rings. The standard InChI is InChI=1S/C19H26IN5/c1-13-3-4-15(20(13)2)11-25-9-6-14(7-10-25)17(21)18-16-5-8-22-19(16)24-12-23-18/h3-5,8,12,14,22H,6-7,9-11,21H2,1-2H3,(H,23,24)/b18-17-. The molecule has 0 spiro atoms. The first-order valence-corrected chi connectivity index (χ1v) is 13.1. The van der Waals surface area contributed by atoms with Crippen LogP contribution in [-0.4, -0.2) is 40.8 Å². The van der Waals surface area contributed by atoms with Crippen LogP contribution in [0.3, 0.4) is 0 Å². The van der Waals surface area contributed by atoms with Crippen LogP contribution in [0.1, 0.15) is 25.3 Å². The van der Waals surface area contributed by atoms with Crippen LogP contribution in [0.2, 0.25) is 0 Å². The second-order valence-corrected chi connectivity index (χ2v) is 12.6. The Balaban J connectivity index is 1.39. The molecule has 25 heavy (non-hydrogen) atoms. The molecule has 3 aliphatic heterocycles. The summed E-state index contributed by atoms with van der Waals surface area (Å²) in [6.07, 6.45) is 10.6. The van der Waals surface area contributed by atoms with Crippen LogP contribution in [0.4, 0.5) is 5.82 Å². The predicted octanol–water partition coefficient (Wildman–Crippen LogP) is 3.55. The van der Waals surface area contributed by atoms with Gasteiger partial charge >= 0.3 is 157 Å². The second kappa shape index (κ2) is 6.99. The van der Waals surface area contributed by atoms with Crippen molar-refractivity contribution in [3.8, 4) is 0 Å². The summed E-state index contributed by atoms with van der Waals surface area (Å²) >= 11 is -0.979. The first-order valence-electron chi connectivity index (χ1n) is 8.79. The first kappa shape index (κ1) is 16.9. The van der Waals surface area contributed by atoms with E-state index >= 15 is 0 Å². The molecule has 6 heteroatoms. The third-order valence-corrected chi connectivity index (χ3v) is 11.1. The minimum atomic E-state index is -0.979. The molecule has 1 aromatic heterocycles. The van der Waals surface area contributed by atoms with Crippen molar-refractivity contribution in [1.82, 2.24) is 15.2 Å². The van der Waals surface area contributed by atoms with Gasteiger partial charge in [0, 0.05) is 0 Å². The Morgan fingerprint density at radius 1 is 1.36 bits per heavy atom. The second-order valence-electron chi connectivity index (χ2n) is 6.86. The number of likely N-dealkylation sites (tertiary alicyclic amines) is 1. The van der Waals surface area contributed by atoms with Crippen molar-refractivity contribution in [3.63, 3.8) is 0 Å². The fourth-order valence-electron chi connectivity index (χ4n) is 3.69. The number of aromatic nitrogens is 1. The fourth-order valence-corrected chi connectivity index (χ4v) is 7.22. The maximum absolute atomic E-state index is 6.56. The summed E-state index contributed by atoms with van der Waals surface area (Å²) in [7, 11) is 0. The number of rotatable bonds is 3. The number of allylic oxidation sites excluding steroid dienone is 4. The van der Waals surface area contributed by atoms with Crippen LogP contribution in [0, 0.1) is 5.92 Å². The van der Waals surface area contributed by atoms with Crippen molar-refractivity contribution < 1.29 is 0 Å². The number of piperidine rings is 1. The molecule has 1 fully saturated rings. The molecule has 0 atom stereocenters. The molecule has 0 aliphatic carbocycles. The van der Waals surface area contributed by atoms with Gasteiger partial charge in [-0.2, -0.15) is 0 Å². The number of fused-ring (bicyclic) bond motifs is 1. The Hall–Kier alpha value is -1.54. The molecule has 0 saturated carbocycles. The number of alkyl halides is 1. The topological polar surface area (TPSA) is 69.4 Å². The van der Waals surface area contributed by atoms with Crippen LogP contribution in [0.25, 0.3) is 5.70 Å². The van der Waals surface area contributed by atoms with Crippen molar-refractivity contribution in [1.29, 1.82) is 0 Å². The number of aromatic amines is 1. The summed E-state index contributed by atoms with van der Waals surface area (Å²) in [6, 6.07) is 2.05. The van der Waals surface area contributed by atoms with Gasteiger partial charge < -0.3 is 0 Å². The minimum absolute atomic E-state index is 0.446. The average molecular weight is 451 g/mol. The number of hydrogen-bond acceptors (Lipinski definition) is 4. The Labute approximate surface area is 156 Å². The number of hydrogen-bond donors (Lipinski definition) is 3. The van der Waals surface area contributed by atoms with Crippen molar-refractivity contribution in [2.75, 3.05) is 24.6 Å². The van der Waals surface area contributed by atoms with Crippen LogP contribution in [0.15, 0.2) is 42.3 Å². The van der Waals surface area contributed by atoms with E-state index in [0.29, 0.717) is 5.92 Å². The van der Waals surface area contributed by atoms with E-state index in [4.69, 9.17) is 5.73 Å². The van der Waals surface area contributed by atoms with Crippen molar-refractivity contribution in [2.45, 2.75) is 19.8 Å². The number of halogens is 1. The van der Waals surface area contributed by atoms with Crippen molar-refractivity contribution in [3.05, 3.63) is 42.8 Å². The molecule has 4 N–H and O–H groups in total. The van der Waals surface area contributed by atoms with E-state index in [9.17, 15) is 0 Å². The van der Waals surface area contributed by atoms with E-state index in [2.05, 4.69) is 44.2 Å².